The SMILES string of the molecule is COc1ccc(Cn2nc(-c3cnn(C4CCNCC4)c3)c3nc(-c4cccc(C)c4C)c(OC)cc32)cc1. The quantitative estimate of drug-likeness (QED) is 0.301. The molecule has 1 aliphatic rings. The summed E-state index contributed by atoms with van der Waals surface area (Å²) in [7, 11) is 3.38. The number of aromatic nitrogens is 5. The van der Waals surface area contributed by atoms with Gasteiger partial charge in [0.2, 0.25) is 0 Å². The van der Waals surface area contributed by atoms with Gasteiger partial charge in [0.25, 0.3) is 0 Å². The van der Waals surface area contributed by atoms with Crippen LogP contribution in [0.25, 0.3) is 33.5 Å². The van der Waals surface area contributed by atoms with Gasteiger partial charge in [0.15, 0.2) is 0 Å². The third-order valence-electron chi connectivity index (χ3n) is 7.82. The van der Waals surface area contributed by atoms with Gasteiger partial charge >= 0.3 is 0 Å². The Bertz CT molecular complexity index is 1610. The summed E-state index contributed by atoms with van der Waals surface area (Å²) in [6, 6.07) is 16.8. The molecule has 3 aromatic heterocycles. The predicted octanol–water partition coefficient (Wildman–Crippen LogP) is 5.57. The number of nitrogens with zero attached hydrogens (tertiary/aromatic N) is 5. The predicted molar refractivity (Wildman–Crippen MR) is 153 cm³/mol. The van der Waals surface area contributed by atoms with E-state index in [-0.39, 0.29) is 0 Å². The smallest absolute Gasteiger partial charge is 0.147 e. The molecule has 5 aromatic rings. The number of pyridine rings is 1. The summed E-state index contributed by atoms with van der Waals surface area (Å²) in [5, 5.41) is 13.3. The zero-order chi connectivity index (χ0) is 26.9. The van der Waals surface area contributed by atoms with Gasteiger partial charge < -0.3 is 14.8 Å². The third kappa shape index (κ3) is 4.76. The minimum absolute atomic E-state index is 0.395. The van der Waals surface area contributed by atoms with Gasteiger partial charge in [-0.25, -0.2) is 4.98 Å². The van der Waals surface area contributed by atoms with Crippen molar-refractivity contribution in [3.63, 3.8) is 0 Å². The number of benzene rings is 2. The first-order chi connectivity index (χ1) is 19.1. The van der Waals surface area contributed by atoms with E-state index >= 15 is 0 Å². The molecule has 1 saturated heterocycles. The molecule has 0 unspecified atom stereocenters. The first kappa shape index (κ1) is 25.1. The largest absolute Gasteiger partial charge is 0.497 e. The number of piperidine rings is 1. The molecule has 1 aliphatic heterocycles. The van der Waals surface area contributed by atoms with Crippen LogP contribution in [0.4, 0.5) is 0 Å². The summed E-state index contributed by atoms with van der Waals surface area (Å²) >= 11 is 0. The van der Waals surface area contributed by atoms with E-state index in [0.29, 0.717) is 12.6 Å². The van der Waals surface area contributed by atoms with Gasteiger partial charge in [-0.2, -0.15) is 10.2 Å². The Labute approximate surface area is 228 Å². The van der Waals surface area contributed by atoms with E-state index in [1.54, 1.807) is 14.2 Å². The molecule has 0 amide bonds. The monoisotopic (exact) mass is 522 g/mol. The molecule has 4 heterocycles. The highest BCUT2D eigenvalue weighted by Gasteiger charge is 2.22. The van der Waals surface area contributed by atoms with Crippen molar-refractivity contribution in [2.24, 2.45) is 0 Å². The Hall–Kier alpha value is -4.17. The second-order valence-electron chi connectivity index (χ2n) is 10.2. The van der Waals surface area contributed by atoms with Crippen LogP contribution in [-0.2, 0) is 6.54 Å². The van der Waals surface area contributed by atoms with Crippen molar-refractivity contribution in [1.29, 1.82) is 0 Å². The van der Waals surface area contributed by atoms with E-state index in [9.17, 15) is 0 Å². The van der Waals surface area contributed by atoms with Gasteiger partial charge in [0.05, 0.1) is 38.5 Å². The number of hydrogen-bond donors (Lipinski definition) is 1. The maximum absolute atomic E-state index is 5.89. The summed E-state index contributed by atoms with van der Waals surface area (Å²) in [5.74, 6) is 1.56. The number of hydrogen-bond acceptors (Lipinski definition) is 6. The molecule has 0 radical (unpaired) electrons. The molecule has 1 fully saturated rings. The van der Waals surface area contributed by atoms with Gasteiger partial charge in [-0.3, -0.25) is 9.36 Å². The second-order valence-corrected chi connectivity index (χ2v) is 10.2. The molecular formula is C31H34N6O2. The number of fused-ring (bicyclic) bond motifs is 1. The maximum atomic E-state index is 5.89. The van der Waals surface area contributed by atoms with Gasteiger partial charge in [-0.05, 0) is 68.6 Å². The Balaban J connectivity index is 1.51. The lowest BCUT2D eigenvalue weighted by atomic mass is 9.99. The van der Waals surface area contributed by atoms with Crippen LogP contribution in [0.1, 0.15) is 35.6 Å². The van der Waals surface area contributed by atoms with Crippen molar-refractivity contribution in [3.05, 3.63) is 77.6 Å². The minimum atomic E-state index is 0.395. The average Bonchev–Trinajstić information content (AvgIpc) is 3.60. The van der Waals surface area contributed by atoms with Crippen molar-refractivity contribution in [2.45, 2.75) is 39.3 Å². The lowest BCUT2D eigenvalue weighted by Crippen LogP contribution is -2.29. The van der Waals surface area contributed by atoms with Crippen LogP contribution in [0.3, 0.4) is 0 Å². The lowest BCUT2D eigenvalue weighted by Gasteiger charge is -2.22. The van der Waals surface area contributed by atoms with Crippen molar-refractivity contribution in [1.82, 2.24) is 29.9 Å². The summed E-state index contributed by atoms with van der Waals surface area (Å²) < 4.78 is 15.3. The van der Waals surface area contributed by atoms with Crippen molar-refractivity contribution in [2.75, 3.05) is 27.3 Å². The van der Waals surface area contributed by atoms with E-state index in [1.807, 2.05) is 23.0 Å². The van der Waals surface area contributed by atoms with Crippen LogP contribution in [0, 0.1) is 13.8 Å². The number of methoxy groups -OCH3 is 2. The Morgan fingerprint density at radius 2 is 1.77 bits per heavy atom. The van der Waals surface area contributed by atoms with Gasteiger partial charge in [0, 0.05) is 23.4 Å². The van der Waals surface area contributed by atoms with E-state index in [0.717, 1.165) is 76.5 Å². The summed E-state index contributed by atoms with van der Waals surface area (Å²) in [4.78, 5) is 5.23. The zero-order valence-electron chi connectivity index (χ0n) is 22.9. The highest BCUT2D eigenvalue weighted by molar-refractivity contribution is 5.93. The Kier molecular flexibility index (Phi) is 6.79. The standard InChI is InChI=1S/C31H34N6O2/c1-20-6-5-7-26(21(20)2)30-28(39-4)16-27-31(34-30)29(23-17-33-36(19-23)24-12-14-32-15-13-24)35-37(27)18-22-8-10-25(38-3)11-9-22/h5-11,16-17,19,24,32H,12-15,18H2,1-4H3. The molecule has 2 aromatic carbocycles. The average molecular weight is 523 g/mol. The summed E-state index contributed by atoms with van der Waals surface area (Å²) in [6.07, 6.45) is 6.18. The molecule has 1 N–H and O–H groups in total. The molecule has 0 atom stereocenters. The zero-order valence-corrected chi connectivity index (χ0v) is 22.9. The topological polar surface area (TPSA) is 79.0 Å². The molecular weight excluding hydrogens is 488 g/mol. The molecule has 39 heavy (non-hydrogen) atoms. The van der Waals surface area contributed by atoms with Crippen molar-refractivity contribution >= 4 is 11.0 Å². The molecule has 0 aliphatic carbocycles. The van der Waals surface area contributed by atoms with Crippen LogP contribution in [-0.4, -0.2) is 51.9 Å². The van der Waals surface area contributed by atoms with Gasteiger partial charge in [-0.1, -0.05) is 30.3 Å². The van der Waals surface area contributed by atoms with E-state index in [4.69, 9.17) is 24.7 Å². The fourth-order valence-corrected chi connectivity index (χ4v) is 5.38. The van der Waals surface area contributed by atoms with E-state index in [1.165, 1.54) is 11.1 Å². The molecule has 200 valence electrons. The van der Waals surface area contributed by atoms with E-state index in [2.05, 4.69) is 66.4 Å². The maximum Gasteiger partial charge on any atom is 0.147 e. The van der Waals surface area contributed by atoms with Crippen LogP contribution >= 0.6 is 0 Å². The van der Waals surface area contributed by atoms with Gasteiger partial charge in [0.1, 0.15) is 28.4 Å². The molecule has 0 spiro atoms. The normalized spacial score (nSPS) is 14.2. The molecule has 8 nitrogen and oxygen atoms in total. The van der Waals surface area contributed by atoms with Crippen molar-refractivity contribution < 1.29 is 9.47 Å². The second kappa shape index (κ2) is 10.5. The number of rotatable bonds is 7. The first-order valence-corrected chi connectivity index (χ1v) is 13.5. The fourth-order valence-electron chi connectivity index (χ4n) is 5.38. The van der Waals surface area contributed by atoms with Crippen molar-refractivity contribution in [3.8, 4) is 34.0 Å². The van der Waals surface area contributed by atoms with Crippen LogP contribution in [0.15, 0.2) is 60.9 Å². The Morgan fingerprint density at radius 3 is 2.51 bits per heavy atom. The fraction of sp³-hybridized carbons (Fsp3) is 0.323. The highest BCUT2D eigenvalue weighted by atomic mass is 16.5. The molecule has 8 heteroatoms. The highest BCUT2D eigenvalue weighted by Crippen LogP contribution is 2.37. The van der Waals surface area contributed by atoms with Crippen LogP contribution < -0.4 is 14.8 Å². The first-order valence-electron chi connectivity index (χ1n) is 13.5. The number of nitrogens with one attached hydrogen (secondary N) is 1. The lowest BCUT2D eigenvalue weighted by molar-refractivity contribution is 0.343. The summed E-state index contributed by atoms with van der Waals surface area (Å²) in [6.45, 7) is 6.88. The minimum Gasteiger partial charge on any atom is -0.497 e. The Morgan fingerprint density at radius 1 is 0.974 bits per heavy atom. The molecule has 0 bridgehead atoms. The van der Waals surface area contributed by atoms with Gasteiger partial charge in [-0.15, -0.1) is 0 Å². The molecule has 6 rings (SSSR count). The molecule has 0 saturated carbocycles. The van der Waals surface area contributed by atoms with Crippen LogP contribution in [0.2, 0.25) is 0 Å². The van der Waals surface area contributed by atoms with E-state index < -0.39 is 0 Å². The number of ether oxygens (including phenoxy) is 2. The van der Waals surface area contributed by atoms with Crippen LogP contribution in [0.5, 0.6) is 11.5 Å². The number of aryl methyl sites for hydroxylation is 1. The third-order valence-corrected chi connectivity index (χ3v) is 7.82. The summed E-state index contributed by atoms with van der Waals surface area (Å²) in [5.41, 5.74) is 8.96.